The maximum Gasteiger partial charge on any atom is 0.373 e. The molecule has 3 aromatic rings. The fourth-order valence-electron chi connectivity index (χ4n) is 4.37. The van der Waals surface area contributed by atoms with E-state index in [0.29, 0.717) is 13.0 Å². The van der Waals surface area contributed by atoms with Crippen LogP contribution in [0.3, 0.4) is 0 Å². The van der Waals surface area contributed by atoms with E-state index in [4.69, 9.17) is 14.2 Å². The van der Waals surface area contributed by atoms with Crippen LogP contribution >= 0.6 is 0 Å². The number of carbonyl (C=O) groups is 1. The molecule has 0 radical (unpaired) electrons. The molecule has 0 amide bonds. The first-order valence-electron chi connectivity index (χ1n) is 10.6. The van der Waals surface area contributed by atoms with Crippen molar-refractivity contribution in [3.05, 3.63) is 119 Å². The van der Waals surface area contributed by atoms with Crippen molar-refractivity contribution in [2.75, 3.05) is 0 Å². The minimum Gasteiger partial charge on any atom is -0.455 e. The van der Waals surface area contributed by atoms with Crippen LogP contribution in [0.25, 0.3) is 0 Å². The van der Waals surface area contributed by atoms with Gasteiger partial charge in [-0.05, 0) is 35.1 Å². The summed E-state index contributed by atoms with van der Waals surface area (Å²) in [5.41, 5.74) is 4.24. The second kappa shape index (κ2) is 8.40. The summed E-state index contributed by atoms with van der Waals surface area (Å²) < 4.78 is 18.0. The van der Waals surface area contributed by atoms with Crippen LogP contribution in [0.4, 0.5) is 0 Å². The molecule has 3 aromatic carbocycles. The largest absolute Gasteiger partial charge is 0.455 e. The van der Waals surface area contributed by atoms with E-state index in [1.807, 2.05) is 78.9 Å². The summed E-state index contributed by atoms with van der Waals surface area (Å²) in [5.74, 6) is -1.11. The van der Waals surface area contributed by atoms with Crippen molar-refractivity contribution in [3.63, 3.8) is 0 Å². The Kier molecular flexibility index (Phi) is 5.31. The van der Waals surface area contributed by atoms with Crippen LogP contribution in [0.2, 0.25) is 0 Å². The average Bonchev–Trinajstić information content (AvgIpc) is 3.16. The molecule has 0 bridgehead atoms. The lowest BCUT2D eigenvalue weighted by atomic mass is 9.86. The molecule has 5 rings (SSSR count). The molecular formula is C27H24O4. The smallest absolute Gasteiger partial charge is 0.373 e. The third kappa shape index (κ3) is 4.12. The van der Waals surface area contributed by atoms with Gasteiger partial charge in [-0.1, -0.05) is 84.9 Å². The minimum absolute atomic E-state index is 0.0848. The van der Waals surface area contributed by atoms with Crippen molar-refractivity contribution in [1.82, 2.24) is 0 Å². The summed E-state index contributed by atoms with van der Waals surface area (Å²) in [6.45, 7) is 0.675. The molecule has 0 N–H and O–H groups in total. The van der Waals surface area contributed by atoms with Gasteiger partial charge in [-0.2, -0.15) is 0 Å². The van der Waals surface area contributed by atoms with Crippen LogP contribution in [-0.2, 0) is 44.4 Å². The Hall–Kier alpha value is -3.37. The fourth-order valence-corrected chi connectivity index (χ4v) is 4.37. The van der Waals surface area contributed by atoms with E-state index in [9.17, 15) is 4.79 Å². The Morgan fingerprint density at radius 3 is 2.35 bits per heavy atom. The molecule has 0 aromatic heterocycles. The first-order valence-corrected chi connectivity index (χ1v) is 10.6. The molecule has 0 aliphatic carbocycles. The summed E-state index contributed by atoms with van der Waals surface area (Å²) in [4.78, 5) is 13.0. The first-order chi connectivity index (χ1) is 15.2. The number of hydrogen-bond acceptors (Lipinski definition) is 4. The zero-order chi connectivity index (χ0) is 21.1. The molecule has 0 saturated carbocycles. The van der Waals surface area contributed by atoms with Crippen molar-refractivity contribution in [1.29, 1.82) is 0 Å². The van der Waals surface area contributed by atoms with Crippen molar-refractivity contribution in [2.45, 2.75) is 31.8 Å². The number of esters is 1. The molecule has 1 spiro atoms. The zero-order valence-electron chi connectivity index (χ0n) is 17.2. The lowest BCUT2D eigenvalue weighted by Gasteiger charge is -2.37. The van der Waals surface area contributed by atoms with Crippen molar-refractivity contribution < 1.29 is 19.0 Å². The Bertz CT molecular complexity index is 1090. The molecule has 31 heavy (non-hydrogen) atoms. The van der Waals surface area contributed by atoms with Gasteiger partial charge in [-0.3, -0.25) is 0 Å². The van der Waals surface area contributed by atoms with Crippen molar-refractivity contribution in [2.24, 2.45) is 5.92 Å². The maximum absolute atomic E-state index is 13.0. The van der Waals surface area contributed by atoms with Crippen molar-refractivity contribution >= 4 is 5.97 Å². The summed E-state index contributed by atoms with van der Waals surface area (Å²) in [7, 11) is 0. The molecule has 0 fully saturated rings. The zero-order valence-corrected chi connectivity index (χ0v) is 17.2. The SMILES string of the molecule is O=C(OCc1ccccc1)C1=C[C@H](Cc2ccccc2)C[C@@]2(OCc3ccccc32)O1. The normalized spacial score (nSPS) is 21.8. The molecule has 2 aliphatic heterocycles. The van der Waals surface area contributed by atoms with E-state index < -0.39 is 11.8 Å². The highest BCUT2D eigenvalue weighted by atomic mass is 16.7. The lowest BCUT2D eigenvalue weighted by Crippen LogP contribution is -2.37. The Morgan fingerprint density at radius 1 is 0.903 bits per heavy atom. The van der Waals surface area contributed by atoms with Gasteiger partial charge in [-0.15, -0.1) is 0 Å². The highest BCUT2D eigenvalue weighted by Crippen LogP contribution is 2.47. The van der Waals surface area contributed by atoms with Crippen LogP contribution in [0.5, 0.6) is 0 Å². The van der Waals surface area contributed by atoms with Gasteiger partial charge in [0.25, 0.3) is 0 Å². The number of fused-ring (bicyclic) bond motifs is 2. The van der Waals surface area contributed by atoms with Crippen LogP contribution in [-0.4, -0.2) is 5.97 Å². The van der Waals surface area contributed by atoms with Crippen LogP contribution in [0.15, 0.2) is 96.8 Å². The molecule has 156 valence electrons. The van der Waals surface area contributed by atoms with E-state index in [0.717, 1.165) is 23.1 Å². The number of rotatable bonds is 5. The molecule has 4 nitrogen and oxygen atoms in total. The van der Waals surface area contributed by atoms with Crippen LogP contribution in [0, 0.1) is 5.92 Å². The highest BCUT2D eigenvalue weighted by molar-refractivity contribution is 5.86. The van der Waals surface area contributed by atoms with E-state index in [1.54, 1.807) is 0 Å². The van der Waals surface area contributed by atoms with Crippen LogP contribution < -0.4 is 0 Å². The standard InChI is InChI=1S/C27H24O4/c28-26(29-18-21-11-5-2-6-12-21)25-16-22(15-20-9-3-1-4-10-20)17-27(31-25)24-14-8-7-13-23(24)19-30-27/h1-14,16,22H,15,17-19H2/t22-,27+/m0/s1. The third-order valence-electron chi connectivity index (χ3n) is 5.84. The second-order valence-electron chi connectivity index (χ2n) is 8.05. The molecule has 2 aliphatic rings. The van der Waals surface area contributed by atoms with E-state index >= 15 is 0 Å². The van der Waals surface area contributed by atoms with Gasteiger partial charge >= 0.3 is 5.97 Å². The van der Waals surface area contributed by atoms with Gasteiger partial charge in [-0.25, -0.2) is 4.79 Å². The number of allylic oxidation sites excluding steroid dienone is 1. The molecule has 0 saturated heterocycles. The van der Waals surface area contributed by atoms with Crippen molar-refractivity contribution in [3.8, 4) is 0 Å². The number of ether oxygens (including phenoxy) is 3. The average molecular weight is 412 g/mol. The number of benzene rings is 3. The molecule has 4 heteroatoms. The predicted octanol–water partition coefficient (Wildman–Crippen LogP) is 5.28. The Morgan fingerprint density at radius 2 is 1.58 bits per heavy atom. The predicted molar refractivity (Wildman–Crippen MR) is 117 cm³/mol. The second-order valence-corrected chi connectivity index (χ2v) is 8.05. The monoisotopic (exact) mass is 412 g/mol. The van der Waals surface area contributed by atoms with Gasteiger partial charge in [0, 0.05) is 12.0 Å². The fraction of sp³-hybridized carbons (Fsp3) is 0.222. The third-order valence-corrected chi connectivity index (χ3v) is 5.84. The molecule has 0 unspecified atom stereocenters. The Labute approximate surface area is 182 Å². The molecule has 2 atom stereocenters. The minimum atomic E-state index is -0.952. The van der Waals surface area contributed by atoms with Gasteiger partial charge in [0.05, 0.1) is 6.61 Å². The summed E-state index contributed by atoms with van der Waals surface area (Å²) in [6.07, 6.45) is 3.34. The maximum atomic E-state index is 13.0. The van der Waals surface area contributed by atoms with E-state index in [1.165, 1.54) is 5.56 Å². The Balaban J connectivity index is 1.42. The lowest BCUT2D eigenvalue weighted by molar-refractivity contribution is -0.236. The highest BCUT2D eigenvalue weighted by Gasteiger charge is 2.48. The van der Waals surface area contributed by atoms with E-state index in [-0.39, 0.29) is 18.3 Å². The van der Waals surface area contributed by atoms with Crippen LogP contribution in [0.1, 0.15) is 28.7 Å². The van der Waals surface area contributed by atoms with Gasteiger partial charge in [0.1, 0.15) is 6.61 Å². The first kappa shape index (κ1) is 19.6. The van der Waals surface area contributed by atoms with E-state index in [2.05, 4.69) is 12.1 Å². The van der Waals surface area contributed by atoms with Gasteiger partial charge < -0.3 is 14.2 Å². The number of hydrogen-bond donors (Lipinski definition) is 0. The summed E-state index contributed by atoms with van der Waals surface area (Å²) >= 11 is 0. The summed E-state index contributed by atoms with van der Waals surface area (Å²) in [5, 5.41) is 0. The molecule has 2 heterocycles. The molecular weight excluding hydrogens is 388 g/mol. The summed E-state index contributed by atoms with van der Waals surface area (Å²) in [6, 6.07) is 28.0. The topological polar surface area (TPSA) is 44.8 Å². The van der Waals surface area contributed by atoms with Gasteiger partial charge in [0.15, 0.2) is 0 Å². The van der Waals surface area contributed by atoms with Gasteiger partial charge in [0.2, 0.25) is 11.5 Å². The number of carbonyl (C=O) groups excluding carboxylic acids is 1. The quantitative estimate of drug-likeness (QED) is 0.535.